The van der Waals surface area contributed by atoms with Crippen LogP contribution in [0.3, 0.4) is 0 Å². The van der Waals surface area contributed by atoms with Gasteiger partial charge in [-0.3, -0.25) is 4.98 Å². The van der Waals surface area contributed by atoms with Crippen LogP contribution in [0.1, 0.15) is 37.4 Å². The lowest BCUT2D eigenvalue weighted by atomic mass is 9.99. The number of hydrogen-bond acceptors (Lipinski definition) is 5. The highest BCUT2D eigenvalue weighted by molar-refractivity contribution is 5.66. The summed E-state index contributed by atoms with van der Waals surface area (Å²) in [6.07, 6.45) is 4.89. The average Bonchev–Trinajstić information content (AvgIpc) is 2.62. The van der Waals surface area contributed by atoms with Gasteiger partial charge in [0.2, 0.25) is 0 Å². The summed E-state index contributed by atoms with van der Waals surface area (Å²) in [5.74, 6) is 1.39. The van der Waals surface area contributed by atoms with Crippen molar-refractivity contribution in [1.29, 1.82) is 0 Å². The highest BCUT2D eigenvalue weighted by Crippen LogP contribution is 2.24. The van der Waals surface area contributed by atoms with Gasteiger partial charge in [-0.05, 0) is 43.0 Å². The summed E-state index contributed by atoms with van der Waals surface area (Å²) >= 11 is 0. The third-order valence-corrected chi connectivity index (χ3v) is 4.76. The number of fused-ring (bicyclic) bond motifs is 1. The van der Waals surface area contributed by atoms with Crippen LogP contribution in [0.25, 0.3) is 0 Å². The first kappa shape index (κ1) is 16.7. The molecule has 0 fully saturated rings. The van der Waals surface area contributed by atoms with E-state index >= 15 is 0 Å². The second kappa shape index (κ2) is 7.62. The van der Waals surface area contributed by atoms with Gasteiger partial charge in [0.05, 0.1) is 11.7 Å². The van der Waals surface area contributed by atoms with Gasteiger partial charge in [0, 0.05) is 37.2 Å². The number of pyridine rings is 2. The summed E-state index contributed by atoms with van der Waals surface area (Å²) in [6, 6.07) is 9.01. The van der Waals surface area contributed by atoms with E-state index in [1.807, 2.05) is 25.4 Å². The molecule has 5 heteroatoms. The van der Waals surface area contributed by atoms with Crippen LogP contribution < -0.4 is 16.0 Å². The van der Waals surface area contributed by atoms with Gasteiger partial charge in [0.15, 0.2) is 0 Å². The monoisotopic (exact) mass is 325 g/mol. The molecular formula is C19H27N5. The summed E-state index contributed by atoms with van der Waals surface area (Å²) in [7, 11) is 0. The standard InChI is InChI=1S/C19H27N5/c1-4-16(18-12-23-17-6-5-9-20-19(17)24-18)22-10-13(2)15-8-7-14(3)21-11-15/h5-9,11,13,16,18,22-23H,4,10,12H2,1-3H3,(H,20,24)/t13-,16+,18+/m0/s1. The lowest BCUT2D eigenvalue weighted by Gasteiger charge is -2.34. The molecule has 0 aliphatic carbocycles. The Morgan fingerprint density at radius 1 is 1.29 bits per heavy atom. The van der Waals surface area contributed by atoms with Crippen LogP contribution >= 0.6 is 0 Å². The van der Waals surface area contributed by atoms with Crippen molar-refractivity contribution in [2.24, 2.45) is 0 Å². The molecule has 3 heterocycles. The van der Waals surface area contributed by atoms with Crippen molar-refractivity contribution in [3.05, 3.63) is 47.9 Å². The Balaban J connectivity index is 1.58. The van der Waals surface area contributed by atoms with Gasteiger partial charge in [-0.25, -0.2) is 4.98 Å². The van der Waals surface area contributed by atoms with E-state index in [0.29, 0.717) is 18.0 Å². The molecule has 3 rings (SSSR count). The number of aromatic nitrogens is 2. The van der Waals surface area contributed by atoms with Crippen LogP contribution in [0.4, 0.5) is 11.5 Å². The minimum absolute atomic E-state index is 0.334. The smallest absolute Gasteiger partial charge is 0.149 e. The van der Waals surface area contributed by atoms with Gasteiger partial charge in [-0.2, -0.15) is 0 Å². The molecule has 0 unspecified atom stereocenters. The third kappa shape index (κ3) is 3.85. The van der Waals surface area contributed by atoms with Crippen LogP contribution in [-0.4, -0.2) is 35.1 Å². The lowest BCUT2D eigenvalue weighted by molar-refractivity contribution is 0.429. The Kier molecular flexibility index (Phi) is 5.30. The SMILES string of the molecule is CC[C@@H](NC[C@H](C)c1ccc(C)nc1)[C@H]1CNc2cccnc2N1. The third-order valence-electron chi connectivity index (χ3n) is 4.76. The Morgan fingerprint density at radius 2 is 2.17 bits per heavy atom. The van der Waals surface area contributed by atoms with Crippen molar-refractivity contribution >= 4 is 11.5 Å². The van der Waals surface area contributed by atoms with Crippen LogP contribution in [0.2, 0.25) is 0 Å². The fraction of sp³-hybridized carbons (Fsp3) is 0.474. The van der Waals surface area contributed by atoms with E-state index in [1.54, 1.807) is 0 Å². The van der Waals surface area contributed by atoms with Gasteiger partial charge < -0.3 is 16.0 Å². The van der Waals surface area contributed by atoms with E-state index < -0.39 is 0 Å². The topological polar surface area (TPSA) is 61.9 Å². The van der Waals surface area contributed by atoms with Crippen LogP contribution in [0.15, 0.2) is 36.7 Å². The molecule has 1 aliphatic heterocycles. The molecule has 2 aromatic heterocycles. The molecule has 1 aliphatic rings. The van der Waals surface area contributed by atoms with Crippen LogP contribution in [0, 0.1) is 6.92 Å². The number of nitrogens with one attached hydrogen (secondary N) is 3. The molecule has 0 amide bonds. The largest absolute Gasteiger partial charge is 0.380 e. The summed E-state index contributed by atoms with van der Waals surface area (Å²) in [4.78, 5) is 8.83. The number of anilines is 2. The average molecular weight is 325 g/mol. The molecule has 3 N–H and O–H groups in total. The van der Waals surface area contributed by atoms with Crippen molar-refractivity contribution in [2.75, 3.05) is 23.7 Å². The number of hydrogen-bond donors (Lipinski definition) is 3. The molecule has 3 atom stereocenters. The van der Waals surface area contributed by atoms with Gasteiger partial charge in [-0.1, -0.05) is 19.9 Å². The maximum absolute atomic E-state index is 4.43. The molecule has 0 spiro atoms. The quantitative estimate of drug-likeness (QED) is 0.761. The molecule has 0 radical (unpaired) electrons. The van der Waals surface area contributed by atoms with E-state index in [9.17, 15) is 0 Å². The molecule has 128 valence electrons. The minimum Gasteiger partial charge on any atom is -0.380 e. The normalized spacial score (nSPS) is 18.9. The van der Waals surface area contributed by atoms with Gasteiger partial charge in [0.25, 0.3) is 0 Å². The Morgan fingerprint density at radius 3 is 2.92 bits per heavy atom. The summed E-state index contributed by atoms with van der Waals surface area (Å²) < 4.78 is 0. The van der Waals surface area contributed by atoms with E-state index in [0.717, 1.165) is 36.7 Å². The van der Waals surface area contributed by atoms with Gasteiger partial charge in [0.1, 0.15) is 5.82 Å². The van der Waals surface area contributed by atoms with Gasteiger partial charge >= 0.3 is 0 Å². The predicted octanol–water partition coefficient (Wildman–Crippen LogP) is 3.16. The van der Waals surface area contributed by atoms with Crippen molar-refractivity contribution < 1.29 is 0 Å². The first-order valence-corrected chi connectivity index (χ1v) is 8.78. The molecule has 2 aromatic rings. The lowest BCUT2D eigenvalue weighted by Crippen LogP contribution is -2.50. The molecule has 0 bridgehead atoms. The molecule has 0 saturated heterocycles. The second-order valence-corrected chi connectivity index (χ2v) is 6.59. The van der Waals surface area contributed by atoms with Crippen molar-refractivity contribution in [1.82, 2.24) is 15.3 Å². The van der Waals surface area contributed by atoms with Crippen molar-refractivity contribution in [3.63, 3.8) is 0 Å². The molecule has 0 aromatic carbocycles. The fourth-order valence-electron chi connectivity index (χ4n) is 3.14. The Labute approximate surface area is 144 Å². The van der Waals surface area contributed by atoms with Crippen LogP contribution in [0.5, 0.6) is 0 Å². The first-order chi connectivity index (χ1) is 11.7. The van der Waals surface area contributed by atoms with Crippen molar-refractivity contribution in [3.8, 4) is 0 Å². The molecule has 5 nitrogen and oxygen atoms in total. The predicted molar refractivity (Wildman–Crippen MR) is 99.6 cm³/mol. The zero-order valence-electron chi connectivity index (χ0n) is 14.7. The zero-order valence-corrected chi connectivity index (χ0v) is 14.7. The van der Waals surface area contributed by atoms with E-state index in [4.69, 9.17) is 0 Å². The summed E-state index contributed by atoms with van der Waals surface area (Å²) in [6.45, 7) is 8.34. The van der Waals surface area contributed by atoms with E-state index in [-0.39, 0.29) is 0 Å². The second-order valence-electron chi connectivity index (χ2n) is 6.59. The Hall–Kier alpha value is -2.14. The van der Waals surface area contributed by atoms with E-state index in [2.05, 4.69) is 58.0 Å². The maximum atomic E-state index is 4.43. The summed E-state index contributed by atoms with van der Waals surface area (Å²) in [5.41, 5.74) is 3.43. The molecular weight excluding hydrogens is 298 g/mol. The molecule has 0 saturated carbocycles. The van der Waals surface area contributed by atoms with Gasteiger partial charge in [-0.15, -0.1) is 0 Å². The van der Waals surface area contributed by atoms with Crippen molar-refractivity contribution in [2.45, 2.75) is 45.2 Å². The highest BCUT2D eigenvalue weighted by atomic mass is 15.2. The minimum atomic E-state index is 0.334. The number of nitrogens with zero attached hydrogens (tertiary/aromatic N) is 2. The number of rotatable bonds is 6. The fourth-order valence-corrected chi connectivity index (χ4v) is 3.14. The zero-order chi connectivity index (χ0) is 16.9. The summed E-state index contributed by atoms with van der Waals surface area (Å²) in [5, 5.41) is 10.8. The number of aryl methyl sites for hydroxylation is 1. The van der Waals surface area contributed by atoms with Crippen LogP contribution in [-0.2, 0) is 0 Å². The Bertz CT molecular complexity index is 655. The van der Waals surface area contributed by atoms with E-state index in [1.165, 1.54) is 5.56 Å². The first-order valence-electron chi connectivity index (χ1n) is 8.78. The highest BCUT2D eigenvalue weighted by Gasteiger charge is 2.25. The molecule has 24 heavy (non-hydrogen) atoms. The maximum Gasteiger partial charge on any atom is 0.149 e.